The van der Waals surface area contributed by atoms with E-state index in [-0.39, 0.29) is 17.4 Å². The van der Waals surface area contributed by atoms with Gasteiger partial charge in [0, 0.05) is 37.3 Å². The maximum atomic E-state index is 12.9. The number of carbonyl (C=O) groups is 1. The fraction of sp³-hybridized carbons (Fsp3) is 0.346. The average molecular weight is 463 g/mol. The van der Waals surface area contributed by atoms with Gasteiger partial charge in [-0.2, -0.15) is 5.10 Å². The van der Waals surface area contributed by atoms with E-state index in [1.807, 2.05) is 42.5 Å². The highest BCUT2D eigenvalue weighted by Gasteiger charge is 2.26. The zero-order chi connectivity index (χ0) is 23.9. The van der Waals surface area contributed by atoms with Gasteiger partial charge in [0.15, 0.2) is 0 Å². The van der Waals surface area contributed by atoms with Gasteiger partial charge in [-0.15, -0.1) is 0 Å². The van der Waals surface area contributed by atoms with Gasteiger partial charge in [-0.1, -0.05) is 30.3 Å². The first kappa shape index (κ1) is 23.4. The van der Waals surface area contributed by atoms with Crippen molar-refractivity contribution in [2.75, 3.05) is 32.2 Å². The lowest BCUT2D eigenvalue weighted by Crippen LogP contribution is -2.43. The minimum absolute atomic E-state index is 0.00653. The van der Waals surface area contributed by atoms with E-state index in [0.29, 0.717) is 31.1 Å². The Labute approximate surface area is 199 Å². The first-order valence-electron chi connectivity index (χ1n) is 11.4. The van der Waals surface area contributed by atoms with Crippen LogP contribution in [0, 0.1) is 5.92 Å². The van der Waals surface area contributed by atoms with E-state index < -0.39 is 0 Å². The number of nitrogens with one attached hydrogen (secondary N) is 1. The lowest BCUT2D eigenvalue weighted by atomic mass is 9.96. The highest BCUT2D eigenvalue weighted by molar-refractivity contribution is 5.79. The Morgan fingerprint density at radius 2 is 1.94 bits per heavy atom. The van der Waals surface area contributed by atoms with Crippen LogP contribution in [0.4, 0.5) is 5.69 Å². The summed E-state index contributed by atoms with van der Waals surface area (Å²) in [5, 5.41) is 7.40. The number of hydrogen-bond acceptors (Lipinski definition) is 6. The third-order valence-electron chi connectivity index (χ3n) is 6.13. The molecule has 8 heteroatoms. The summed E-state index contributed by atoms with van der Waals surface area (Å²) in [5.41, 5.74) is 2.51. The van der Waals surface area contributed by atoms with E-state index in [0.717, 1.165) is 36.2 Å². The van der Waals surface area contributed by atoms with E-state index in [2.05, 4.69) is 15.3 Å². The Morgan fingerprint density at radius 3 is 2.68 bits per heavy atom. The van der Waals surface area contributed by atoms with E-state index in [1.165, 1.54) is 4.68 Å². The molecule has 1 saturated heterocycles. The van der Waals surface area contributed by atoms with E-state index in [4.69, 9.17) is 9.47 Å². The molecule has 3 aromatic rings. The van der Waals surface area contributed by atoms with E-state index in [9.17, 15) is 9.59 Å². The van der Waals surface area contributed by atoms with Gasteiger partial charge < -0.3 is 19.7 Å². The fourth-order valence-electron chi connectivity index (χ4n) is 4.22. The summed E-state index contributed by atoms with van der Waals surface area (Å²) in [7, 11) is 3.20. The maximum Gasteiger partial charge on any atom is 0.269 e. The molecule has 34 heavy (non-hydrogen) atoms. The van der Waals surface area contributed by atoms with Crippen LogP contribution in [0.5, 0.6) is 11.5 Å². The topological polar surface area (TPSA) is 85.7 Å². The number of hydrogen-bond donors (Lipinski definition) is 1. The number of piperidine rings is 1. The van der Waals surface area contributed by atoms with Crippen LogP contribution in [-0.2, 0) is 17.9 Å². The zero-order valence-electron chi connectivity index (χ0n) is 19.6. The summed E-state index contributed by atoms with van der Waals surface area (Å²) in [6.45, 7) is 2.15. The molecule has 1 aromatic heterocycles. The predicted octanol–water partition coefficient (Wildman–Crippen LogP) is 2.84. The Kier molecular flexibility index (Phi) is 7.47. The number of benzene rings is 2. The average Bonchev–Trinajstić information content (AvgIpc) is 2.89. The second-order valence-corrected chi connectivity index (χ2v) is 8.38. The zero-order valence-corrected chi connectivity index (χ0v) is 19.6. The molecule has 178 valence electrons. The number of methoxy groups -OCH3 is 2. The standard InChI is InChI=1S/C26H30N4O4/c1-33-23-11-10-20(24(14-23)34-2)15-27-26(32)21-9-6-12-29(18-21)22-13-25(31)30(28-16-22)17-19-7-4-3-5-8-19/h3-5,7-8,10-11,13-14,16,21H,6,9,12,15,17-18H2,1-2H3,(H,27,32)/t21-/m0/s1. The molecule has 1 fully saturated rings. The van der Waals surface area contributed by atoms with Crippen LogP contribution >= 0.6 is 0 Å². The number of aromatic nitrogens is 2. The molecule has 1 aliphatic heterocycles. The van der Waals surface area contributed by atoms with Crippen molar-refractivity contribution in [3.63, 3.8) is 0 Å². The second-order valence-electron chi connectivity index (χ2n) is 8.38. The molecule has 0 saturated carbocycles. The SMILES string of the molecule is COc1ccc(CNC(=O)[C@H]2CCCN(c3cnn(Cc4ccccc4)c(=O)c3)C2)c(OC)c1. The first-order chi connectivity index (χ1) is 16.6. The van der Waals surface area contributed by atoms with Crippen LogP contribution in [-0.4, -0.2) is 43.0 Å². The molecular formula is C26H30N4O4. The van der Waals surface area contributed by atoms with Crippen LogP contribution < -0.4 is 25.2 Å². The van der Waals surface area contributed by atoms with Gasteiger partial charge in [0.25, 0.3) is 5.56 Å². The van der Waals surface area contributed by atoms with Crippen molar-refractivity contribution < 1.29 is 14.3 Å². The van der Waals surface area contributed by atoms with Crippen LogP contribution in [0.15, 0.2) is 65.6 Å². The normalized spacial score (nSPS) is 15.6. The Hall–Kier alpha value is -3.81. The lowest BCUT2D eigenvalue weighted by Gasteiger charge is -2.33. The number of ether oxygens (including phenoxy) is 2. The molecule has 1 atom stereocenters. The van der Waals surface area contributed by atoms with Gasteiger partial charge in [-0.25, -0.2) is 4.68 Å². The smallest absolute Gasteiger partial charge is 0.269 e. The lowest BCUT2D eigenvalue weighted by molar-refractivity contribution is -0.125. The molecule has 0 unspecified atom stereocenters. The Bertz CT molecular complexity index is 1180. The highest BCUT2D eigenvalue weighted by atomic mass is 16.5. The highest BCUT2D eigenvalue weighted by Crippen LogP contribution is 2.25. The van der Waals surface area contributed by atoms with Gasteiger partial charge >= 0.3 is 0 Å². The molecule has 0 radical (unpaired) electrons. The molecule has 0 bridgehead atoms. The Balaban J connectivity index is 1.38. The predicted molar refractivity (Wildman–Crippen MR) is 130 cm³/mol. The van der Waals surface area contributed by atoms with Crippen LogP contribution in [0.3, 0.4) is 0 Å². The molecule has 2 aromatic carbocycles. The van der Waals surface area contributed by atoms with E-state index >= 15 is 0 Å². The van der Waals surface area contributed by atoms with Crippen molar-refractivity contribution in [2.45, 2.75) is 25.9 Å². The number of anilines is 1. The minimum Gasteiger partial charge on any atom is -0.497 e. The molecule has 8 nitrogen and oxygen atoms in total. The maximum absolute atomic E-state index is 12.9. The molecule has 1 amide bonds. The number of carbonyl (C=O) groups excluding carboxylic acids is 1. The van der Waals surface area contributed by atoms with Crippen LogP contribution in [0.25, 0.3) is 0 Å². The molecule has 1 N–H and O–H groups in total. The van der Waals surface area contributed by atoms with Crippen LogP contribution in [0.2, 0.25) is 0 Å². The van der Waals surface area contributed by atoms with Gasteiger partial charge in [-0.05, 0) is 30.5 Å². The van der Waals surface area contributed by atoms with Gasteiger partial charge in [-0.3, -0.25) is 9.59 Å². The summed E-state index contributed by atoms with van der Waals surface area (Å²) in [6.07, 6.45) is 3.39. The molecule has 2 heterocycles. The monoisotopic (exact) mass is 462 g/mol. The summed E-state index contributed by atoms with van der Waals surface area (Å²) < 4.78 is 12.1. The van der Waals surface area contributed by atoms with Crippen molar-refractivity contribution >= 4 is 11.6 Å². The number of nitrogens with zero attached hydrogens (tertiary/aromatic N) is 3. The van der Waals surface area contributed by atoms with Crippen molar-refractivity contribution in [3.8, 4) is 11.5 Å². The quantitative estimate of drug-likeness (QED) is 0.554. The number of amides is 1. The largest absolute Gasteiger partial charge is 0.497 e. The first-order valence-corrected chi connectivity index (χ1v) is 11.4. The summed E-state index contributed by atoms with van der Waals surface area (Å²) in [4.78, 5) is 27.6. The molecule has 1 aliphatic rings. The van der Waals surface area contributed by atoms with Crippen molar-refractivity contribution in [3.05, 3.63) is 82.3 Å². The minimum atomic E-state index is -0.162. The van der Waals surface area contributed by atoms with Gasteiger partial charge in [0.2, 0.25) is 5.91 Å². The van der Waals surface area contributed by atoms with Gasteiger partial charge in [0.05, 0.1) is 38.6 Å². The summed E-state index contributed by atoms with van der Waals surface area (Å²) in [5.74, 6) is 1.21. The Morgan fingerprint density at radius 1 is 1.12 bits per heavy atom. The third-order valence-corrected chi connectivity index (χ3v) is 6.13. The number of rotatable bonds is 8. The van der Waals surface area contributed by atoms with Crippen molar-refractivity contribution in [1.29, 1.82) is 0 Å². The van der Waals surface area contributed by atoms with E-state index in [1.54, 1.807) is 32.5 Å². The summed E-state index contributed by atoms with van der Waals surface area (Å²) in [6, 6.07) is 16.9. The molecule has 0 spiro atoms. The summed E-state index contributed by atoms with van der Waals surface area (Å²) >= 11 is 0. The second kappa shape index (κ2) is 10.9. The fourth-order valence-corrected chi connectivity index (χ4v) is 4.22. The molecule has 0 aliphatic carbocycles. The van der Waals surface area contributed by atoms with Crippen LogP contribution in [0.1, 0.15) is 24.0 Å². The molecular weight excluding hydrogens is 432 g/mol. The third kappa shape index (κ3) is 5.57. The van der Waals surface area contributed by atoms with Crippen molar-refractivity contribution in [2.24, 2.45) is 5.92 Å². The van der Waals surface area contributed by atoms with Gasteiger partial charge in [0.1, 0.15) is 11.5 Å². The molecule has 4 rings (SSSR count). The van der Waals surface area contributed by atoms with Crippen molar-refractivity contribution in [1.82, 2.24) is 15.1 Å².